The fraction of sp³-hybridized carbons (Fsp3) is 0.615. The lowest BCUT2D eigenvalue weighted by Crippen LogP contribution is -2.40. The average molecular weight is 264 g/mol. The molecular weight excluding hydrogens is 244 g/mol. The molecule has 0 aromatic carbocycles. The minimum atomic E-state index is -0.363. The van der Waals surface area contributed by atoms with Gasteiger partial charge in [0.25, 0.3) is 0 Å². The zero-order valence-corrected chi connectivity index (χ0v) is 11.4. The van der Waals surface area contributed by atoms with Crippen molar-refractivity contribution in [3.05, 3.63) is 28.4 Å². The fourth-order valence-corrected chi connectivity index (χ4v) is 2.73. The van der Waals surface area contributed by atoms with E-state index in [1.54, 1.807) is 12.3 Å². The van der Waals surface area contributed by atoms with Gasteiger partial charge >= 0.3 is 5.69 Å². The summed E-state index contributed by atoms with van der Waals surface area (Å²) in [6, 6.07) is 4.02. The molecule has 1 aliphatic carbocycles. The van der Waals surface area contributed by atoms with Crippen molar-refractivity contribution in [1.29, 1.82) is 0 Å². The van der Waals surface area contributed by atoms with Crippen LogP contribution in [-0.4, -0.2) is 36.1 Å². The van der Waals surface area contributed by atoms with Crippen molar-refractivity contribution in [3.63, 3.8) is 0 Å². The Kier molecular flexibility index (Phi) is 4.31. The highest BCUT2D eigenvalue weighted by atomic mass is 16.6. The Morgan fingerprint density at radius 1 is 1.42 bits per heavy atom. The monoisotopic (exact) mass is 264 g/mol. The molecule has 0 radical (unpaired) electrons. The van der Waals surface area contributed by atoms with E-state index in [9.17, 15) is 10.1 Å². The first-order valence-corrected chi connectivity index (χ1v) is 6.63. The molecule has 6 nitrogen and oxygen atoms in total. The van der Waals surface area contributed by atoms with Crippen LogP contribution in [0.5, 0.6) is 0 Å². The summed E-state index contributed by atoms with van der Waals surface area (Å²) < 4.78 is 0. The second-order valence-corrected chi connectivity index (χ2v) is 5.01. The van der Waals surface area contributed by atoms with Crippen LogP contribution in [0.3, 0.4) is 0 Å². The van der Waals surface area contributed by atoms with Gasteiger partial charge in [0, 0.05) is 31.4 Å². The molecule has 0 aliphatic heterocycles. The van der Waals surface area contributed by atoms with Crippen molar-refractivity contribution in [2.75, 3.05) is 19.0 Å². The van der Waals surface area contributed by atoms with E-state index in [0.29, 0.717) is 17.9 Å². The molecule has 0 unspecified atom stereocenters. The lowest BCUT2D eigenvalue weighted by atomic mass is 9.90. The summed E-state index contributed by atoms with van der Waals surface area (Å²) in [4.78, 5) is 16.8. The highest BCUT2D eigenvalue weighted by Gasteiger charge is 2.27. The van der Waals surface area contributed by atoms with Crippen molar-refractivity contribution < 1.29 is 4.92 Å². The molecule has 0 amide bonds. The van der Waals surface area contributed by atoms with Crippen LogP contribution < -0.4 is 10.2 Å². The first kappa shape index (κ1) is 13.7. The standard InChI is InChI=1S/C13H20N4O2/c1-14-10-5-7-11(8-6-10)16(2)13-12(17(18)19)4-3-9-15-13/h3-4,9-11,14H,5-8H2,1-2H3. The van der Waals surface area contributed by atoms with Gasteiger partial charge in [0.1, 0.15) is 0 Å². The summed E-state index contributed by atoms with van der Waals surface area (Å²) in [7, 11) is 3.89. The lowest BCUT2D eigenvalue weighted by molar-refractivity contribution is -0.384. The first-order valence-electron chi connectivity index (χ1n) is 6.63. The number of hydrogen-bond acceptors (Lipinski definition) is 5. The third-order valence-corrected chi connectivity index (χ3v) is 3.95. The molecule has 1 aromatic heterocycles. The summed E-state index contributed by atoms with van der Waals surface area (Å²) >= 11 is 0. The average Bonchev–Trinajstić information content (AvgIpc) is 2.46. The summed E-state index contributed by atoms with van der Waals surface area (Å²) in [6.07, 6.45) is 5.89. The number of anilines is 1. The van der Waals surface area contributed by atoms with Crippen LogP contribution in [0, 0.1) is 10.1 Å². The van der Waals surface area contributed by atoms with Crippen molar-refractivity contribution in [1.82, 2.24) is 10.3 Å². The zero-order valence-electron chi connectivity index (χ0n) is 11.4. The maximum absolute atomic E-state index is 11.0. The van der Waals surface area contributed by atoms with Crippen LogP contribution in [0.1, 0.15) is 25.7 Å². The first-order chi connectivity index (χ1) is 9.13. The minimum absolute atomic E-state index is 0.0840. The van der Waals surface area contributed by atoms with Crippen LogP contribution in [0.4, 0.5) is 11.5 Å². The van der Waals surface area contributed by atoms with Crippen LogP contribution in [0.2, 0.25) is 0 Å². The normalized spacial score (nSPS) is 23.1. The van der Waals surface area contributed by atoms with Gasteiger partial charge in [-0.15, -0.1) is 0 Å². The number of rotatable bonds is 4. The van der Waals surface area contributed by atoms with E-state index < -0.39 is 0 Å². The number of pyridine rings is 1. The molecule has 19 heavy (non-hydrogen) atoms. The van der Waals surface area contributed by atoms with Crippen molar-refractivity contribution >= 4 is 11.5 Å². The van der Waals surface area contributed by atoms with E-state index in [1.807, 2.05) is 19.0 Å². The van der Waals surface area contributed by atoms with Gasteiger partial charge < -0.3 is 10.2 Å². The van der Waals surface area contributed by atoms with E-state index in [4.69, 9.17) is 0 Å². The summed E-state index contributed by atoms with van der Waals surface area (Å²) in [5.41, 5.74) is 0.0840. The van der Waals surface area contributed by atoms with E-state index in [2.05, 4.69) is 10.3 Å². The molecular formula is C13H20N4O2. The predicted octanol–water partition coefficient (Wildman–Crippen LogP) is 1.96. The number of nitro groups is 1. The molecule has 1 saturated carbocycles. The predicted molar refractivity (Wildman–Crippen MR) is 74.4 cm³/mol. The maximum atomic E-state index is 11.0. The smallest absolute Gasteiger partial charge is 0.311 e. The molecule has 0 spiro atoms. The SMILES string of the molecule is CNC1CCC(N(C)c2ncccc2[N+](=O)[O-])CC1. The number of aromatic nitrogens is 1. The van der Waals surface area contributed by atoms with Crippen LogP contribution >= 0.6 is 0 Å². The Labute approximate surface area is 113 Å². The molecule has 1 N–H and O–H groups in total. The molecule has 1 aliphatic rings. The van der Waals surface area contributed by atoms with Crippen molar-refractivity contribution in [2.45, 2.75) is 37.8 Å². The van der Waals surface area contributed by atoms with Gasteiger partial charge in [0.05, 0.1) is 4.92 Å². The molecule has 1 fully saturated rings. The van der Waals surface area contributed by atoms with E-state index in [-0.39, 0.29) is 10.6 Å². The highest BCUT2D eigenvalue weighted by Crippen LogP contribution is 2.30. The molecule has 104 valence electrons. The lowest BCUT2D eigenvalue weighted by Gasteiger charge is -2.34. The third-order valence-electron chi connectivity index (χ3n) is 3.95. The zero-order chi connectivity index (χ0) is 13.8. The number of hydrogen-bond donors (Lipinski definition) is 1. The maximum Gasteiger partial charge on any atom is 0.311 e. The fourth-order valence-electron chi connectivity index (χ4n) is 2.73. The van der Waals surface area contributed by atoms with Gasteiger partial charge in [-0.05, 0) is 38.8 Å². The van der Waals surface area contributed by atoms with Crippen molar-refractivity contribution in [2.24, 2.45) is 0 Å². The Balaban J connectivity index is 2.12. The molecule has 1 heterocycles. The van der Waals surface area contributed by atoms with Gasteiger partial charge in [-0.3, -0.25) is 10.1 Å². The Hall–Kier alpha value is -1.69. The molecule has 0 bridgehead atoms. The highest BCUT2D eigenvalue weighted by molar-refractivity contribution is 5.57. The second kappa shape index (κ2) is 5.97. The molecule has 0 atom stereocenters. The quantitative estimate of drug-likeness (QED) is 0.665. The van der Waals surface area contributed by atoms with Gasteiger partial charge in [-0.2, -0.15) is 0 Å². The van der Waals surface area contributed by atoms with E-state index >= 15 is 0 Å². The van der Waals surface area contributed by atoms with Gasteiger partial charge in [0.2, 0.25) is 5.82 Å². The molecule has 0 saturated heterocycles. The summed E-state index contributed by atoms with van der Waals surface area (Å²) in [6.45, 7) is 0. The van der Waals surface area contributed by atoms with Gasteiger partial charge in [-0.1, -0.05) is 0 Å². The third kappa shape index (κ3) is 3.01. The molecule has 6 heteroatoms. The second-order valence-electron chi connectivity index (χ2n) is 5.01. The Morgan fingerprint density at radius 2 is 2.11 bits per heavy atom. The molecule has 1 aromatic rings. The van der Waals surface area contributed by atoms with Gasteiger partial charge in [-0.25, -0.2) is 4.98 Å². The van der Waals surface area contributed by atoms with Gasteiger partial charge in [0.15, 0.2) is 0 Å². The molecule has 2 rings (SSSR count). The topological polar surface area (TPSA) is 71.3 Å². The number of nitrogens with one attached hydrogen (secondary N) is 1. The summed E-state index contributed by atoms with van der Waals surface area (Å²) in [5.74, 6) is 0.473. The van der Waals surface area contributed by atoms with Crippen molar-refractivity contribution in [3.8, 4) is 0 Å². The van der Waals surface area contributed by atoms with Crippen LogP contribution in [0.25, 0.3) is 0 Å². The minimum Gasteiger partial charge on any atom is -0.351 e. The largest absolute Gasteiger partial charge is 0.351 e. The van der Waals surface area contributed by atoms with E-state index in [0.717, 1.165) is 25.7 Å². The Bertz CT molecular complexity index is 444. The van der Waals surface area contributed by atoms with E-state index in [1.165, 1.54) is 6.07 Å². The Morgan fingerprint density at radius 3 is 2.68 bits per heavy atom. The van der Waals surface area contributed by atoms with Crippen LogP contribution in [0.15, 0.2) is 18.3 Å². The number of nitrogens with zero attached hydrogens (tertiary/aromatic N) is 3. The van der Waals surface area contributed by atoms with Crippen LogP contribution in [-0.2, 0) is 0 Å². The summed E-state index contributed by atoms with van der Waals surface area (Å²) in [5, 5.41) is 14.3.